The van der Waals surface area contributed by atoms with Crippen molar-refractivity contribution in [2.45, 2.75) is 93.4 Å². The Morgan fingerprint density at radius 2 is 0.955 bits per heavy atom. The fourth-order valence-electron chi connectivity index (χ4n) is 2.93. The Morgan fingerprint density at radius 1 is 0.545 bits per heavy atom. The summed E-state index contributed by atoms with van der Waals surface area (Å²) in [5.41, 5.74) is 0. The predicted octanol–water partition coefficient (Wildman–Crippen LogP) is 7.08. The summed E-state index contributed by atoms with van der Waals surface area (Å²) in [6, 6.07) is 0. The maximum atomic E-state index is 14.2. The second-order valence-corrected chi connectivity index (χ2v) is 8.47. The van der Waals surface area contributed by atoms with Gasteiger partial charge in [-0.05, 0) is 35.5 Å². The van der Waals surface area contributed by atoms with Crippen LogP contribution in [0, 0.1) is 35.5 Å². The number of hydrogen-bond donors (Lipinski definition) is 0. The Labute approximate surface area is 138 Å². The molecule has 0 heterocycles. The summed E-state index contributed by atoms with van der Waals surface area (Å²) in [5.74, 6) is 1.95. The first kappa shape index (κ1) is 21.9. The molecule has 0 rings (SSSR count). The SMILES string of the molecule is CC(C)CCC(C)C(C)CCC(C)C(C)C(F)C(F)C(C)C. The quantitative estimate of drug-likeness (QED) is 0.382. The highest BCUT2D eigenvalue weighted by Gasteiger charge is 2.32. The second-order valence-electron chi connectivity index (χ2n) is 8.47. The summed E-state index contributed by atoms with van der Waals surface area (Å²) in [4.78, 5) is 0. The Morgan fingerprint density at radius 3 is 1.36 bits per heavy atom. The predicted molar refractivity (Wildman–Crippen MR) is 94.6 cm³/mol. The Bertz CT molecular complexity index is 275. The first-order chi connectivity index (χ1) is 10.1. The van der Waals surface area contributed by atoms with E-state index in [4.69, 9.17) is 0 Å². The van der Waals surface area contributed by atoms with Gasteiger partial charge in [-0.25, -0.2) is 8.78 Å². The summed E-state index contributed by atoms with van der Waals surface area (Å²) in [7, 11) is 0. The molecule has 6 atom stereocenters. The van der Waals surface area contributed by atoms with Crippen LogP contribution in [0.25, 0.3) is 0 Å². The van der Waals surface area contributed by atoms with Crippen molar-refractivity contribution < 1.29 is 8.78 Å². The highest BCUT2D eigenvalue weighted by Crippen LogP contribution is 2.31. The van der Waals surface area contributed by atoms with Crippen LogP contribution >= 0.6 is 0 Å². The van der Waals surface area contributed by atoms with Gasteiger partial charge in [0.15, 0.2) is 0 Å². The molecule has 2 heteroatoms. The van der Waals surface area contributed by atoms with Crippen molar-refractivity contribution >= 4 is 0 Å². The Balaban J connectivity index is 4.22. The van der Waals surface area contributed by atoms with Crippen molar-refractivity contribution in [3.05, 3.63) is 0 Å². The van der Waals surface area contributed by atoms with Crippen LogP contribution in [0.2, 0.25) is 0 Å². The number of alkyl halides is 2. The van der Waals surface area contributed by atoms with Gasteiger partial charge in [-0.15, -0.1) is 0 Å². The van der Waals surface area contributed by atoms with Crippen LogP contribution in [0.15, 0.2) is 0 Å². The first-order valence-electron chi connectivity index (χ1n) is 9.35. The standard InChI is InChI=1S/C20H40F2/c1-13(2)9-10-15(5)16(6)11-12-17(7)18(8)20(22)19(21)14(3)4/h13-20H,9-12H2,1-8H3. The minimum absolute atomic E-state index is 0.199. The van der Waals surface area contributed by atoms with E-state index in [-0.39, 0.29) is 17.8 Å². The van der Waals surface area contributed by atoms with Crippen LogP contribution in [0.3, 0.4) is 0 Å². The number of rotatable bonds is 11. The lowest BCUT2D eigenvalue weighted by molar-refractivity contribution is 0.0594. The van der Waals surface area contributed by atoms with Gasteiger partial charge in [0.25, 0.3) is 0 Å². The molecule has 0 aromatic heterocycles. The lowest BCUT2D eigenvalue weighted by Crippen LogP contribution is -2.32. The molecule has 0 radical (unpaired) electrons. The van der Waals surface area contributed by atoms with Crippen molar-refractivity contribution in [2.75, 3.05) is 0 Å². The smallest absolute Gasteiger partial charge is 0.134 e. The lowest BCUT2D eigenvalue weighted by atomic mass is 9.80. The van der Waals surface area contributed by atoms with Crippen LogP contribution in [-0.2, 0) is 0 Å². The molecular weight excluding hydrogens is 278 g/mol. The average molecular weight is 319 g/mol. The van der Waals surface area contributed by atoms with Crippen molar-refractivity contribution in [3.63, 3.8) is 0 Å². The van der Waals surface area contributed by atoms with Gasteiger partial charge in [-0.1, -0.05) is 81.1 Å². The molecule has 0 fully saturated rings. The van der Waals surface area contributed by atoms with Crippen molar-refractivity contribution in [3.8, 4) is 0 Å². The molecule has 0 aromatic carbocycles. The van der Waals surface area contributed by atoms with Gasteiger partial charge < -0.3 is 0 Å². The summed E-state index contributed by atoms with van der Waals surface area (Å²) in [6.45, 7) is 16.6. The lowest BCUT2D eigenvalue weighted by Gasteiger charge is -2.29. The zero-order valence-corrected chi connectivity index (χ0v) is 16.2. The second kappa shape index (κ2) is 10.6. The van der Waals surface area contributed by atoms with E-state index in [1.165, 1.54) is 12.8 Å². The van der Waals surface area contributed by atoms with Crippen LogP contribution in [0.1, 0.15) is 81.1 Å². The van der Waals surface area contributed by atoms with Crippen molar-refractivity contribution in [2.24, 2.45) is 35.5 Å². The molecule has 22 heavy (non-hydrogen) atoms. The van der Waals surface area contributed by atoms with Gasteiger partial charge in [-0.3, -0.25) is 0 Å². The van der Waals surface area contributed by atoms with Crippen molar-refractivity contribution in [1.29, 1.82) is 0 Å². The van der Waals surface area contributed by atoms with Gasteiger partial charge in [0.1, 0.15) is 12.3 Å². The van der Waals surface area contributed by atoms with E-state index in [0.717, 1.165) is 24.7 Å². The summed E-state index contributed by atoms with van der Waals surface area (Å²) in [5, 5.41) is 0. The van der Waals surface area contributed by atoms with Crippen LogP contribution in [0.5, 0.6) is 0 Å². The largest absolute Gasteiger partial charge is 0.244 e. The third-order valence-electron chi connectivity index (χ3n) is 5.59. The molecule has 0 aliphatic rings. The molecule has 6 unspecified atom stereocenters. The highest BCUT2D eigenvalue weighted by atomic mass is 19.2. The minimum Gasteiger partial charge on any atom is -0.244 e. The van der Waals surface area contributed by atoms with Gasteiger partial charge in [0.2, 0.25) is 0 Å². The molecule has 0 aliphatic heterocycles. The van der Waals surface area contributed by atoms with Crippen LogP contribution < -0.4 is 0 Å². The zero-order valence-electron chi connectivity index (χ0n) is 16.2. The van der Waals surface area contributed by atoms with Crippen molar-refractivity contribution in [1.82, 2.24) is 0 Å². The fourth-order valence-corrected chi connectivity index (χ4v) is 2.93. The summed E-state index contributed by atoms with van der Waals surface area (Å²) < 4.78 is 28.1. The topological polar surface area (TPSA) is 0 Å². The Hall–Kier alpha value is -0.140. The maximum Gasteiger partial charge on any atom is 0.134 e. The summed E-state index contributed by atoms with van der Waals surface area (Å²) >= 11 is 0. The van der Waals surface area contributed by atoms with E-state index >= 15 is 0 Å². The number of hydrogen-bond acceptors (Lipinski definition) is 0. The molecule has 0 aliphatic carbocycles. The molecule has 0 bridgehead atoms. The zero-order chi connectivity index (χ0) is 17.4. The third-order valence-corrected chi connectivity index (χ3v) is 5.59. The molecule has 134 valence electrons. The molecule has 0 saturated heterocycles. The molecular formula is C20H40F2. The molecule has 0 spiro atoms. The monoisotopic (exact) mass is 318 g/mol. The average Bonchev–Trinajstić information content (AvgIpc) is 2.46. The highest BCUT2D eigenvalue weighted by molar-refractivity contribution is 4.80. The maximum absolute atomic E-state index is 14.2. The van der Waals surface area contributed by atoms with E-state index in [9.17, 15) is 8.78 Å². The Kier molecular flexibility index (Phi) is 10.5. The number of halogens is 2. The molecule has 0 saturated carbocycles. The molecule has 0 nitrogen and oxygen atoms in total. The van der Waals surface area contributed by atoms with Gasteiger partial charge in [0.05, 0.1) is 0 Å². The van der Waals surface area contributed by atoms with E-state index < -0.39 is 12.3 Å². The summed E-state index contributed by atoms with van der Waals surface area (Å²) in [6.07, 6.45) is 2.01. The van der Waals surface area contributed by atoms with Gasteiger partial charge in [-0.2, -0.15) is 0 Å². The normalized spacial score (nSPS) is 20.7. The minimum atomic E-state index is -1.33. The first-order valence-corrected chi connectivity index (χ1v) is 9.35. The molecule has 0 N–H and O–H groups in total. The van der Waals surface area contributed by atoms with Gasteiger partial charge >= 0.3 is 0 Å². The fraction of sp³-hybridized carbons (Fsp3) is 1.00. The van der Waals surface area contributed by atoms with E-state index in [2.05, 4.69) is 34.6 Å². The van der Waals surface area contributed by atoms with E-state index in [1.54, 1.807) is 13.8 Å². The van der Waals surface area contributed by atoms with E-state index in [1.807, 2.05) is 6.92 Å². The van der Waals surface area contributed by atoms with Crippen LogP contribution in [-0.4, -0.2) is 12.3 Å². The van der Waals surface area contributed by atoms with E-state index in [0.29, 0.717) is 5.92 Å². The van der Waals surface area contributed by atoms with Crippen LogP contribution in [0.4, 0.5) is 8.78 Å². The third kappa shape index (κ3) is 7.92. The molecule has 0 aromatic rings. The van der Waals surface area contributed by atoms with Gasteiger partial charge in [0, 0.05) is 0 Å². The molecule has 0 amide bonds.